The van der Waals surface area contributed by atoms with Crippen molar-refractivity contribution in [2.24, 2.45) is 0 Å². The quantitative estimate of drug-likeness (QED) is 0.681. The number of carbonyl (C=O) groups excluding carboxylic acids is 1. The van der Waals surface area contributed by atoms with E-state index in [1.54, 1.807) is 31.4 Å². The molecule has 0 aliphatic rings. The van der Waals surface area contributed by atoms with Crippen LogP contribution < -0.4 is 14.8 Å². The molecular formula is C19H23NO4. The van der Waals surface area contributed by atoms with Crippen LogP contribution in [-0.4, -0.2) is 32.8 Å². The first-order chi connectivity index (χ1) is 11.8. The Kier molecular flexibility index (Phi) is 7.63. The number of carbonyl (C=O) groups is 1. The Bertz CT molecular complexity index is 599. The maximum atomic E-state index is 11.7. The average molecular weight is 329 g/mol. The largest absolute Gasteiger partial charge is 0.497 e. The lowest BCUT2D eigenvalue weighted by molar-refractivity contribution is -0.123. The first-order valence-corrected chi connectivity index (χ1v) is 7.93. The summed E-state index contributed by atoms with van der Waals surface area (Å²) >= 11 is 0. The van der Waals surface area contributed by atoms with Gasteiger partial charge in [-0.15, -0.1) is 0 Å². The molecule has 0 aliphatic heterocycles. The summed E-state index contributed by atoms with van der Waals surface area (Å²) in [5, 5.41) is 2.81. The molecule has 0 bridgehead atoms. The minimum Gasteiger partial charge on any atom is -0.497 e. The summed E-state index contributed by atoms with van der Waals surface area (Å²) in [4.78, 5) is 11.7. The number of nitrogens with one attached hydrogen (secondary N) is 1. The Labute approximate surface area is 142 Å². The zero-order chi connectivity index (χ0) is 17.0. The second-order valence-corrected chi connectivity index (χ2v) is 5.21. The minimum absolute atomic E-state index is 0.00278. The third-order valence-corrected chi connectivity index (χ3v) is 3.33. The molecule has 1 N–H and O–H groups in total. The highest BCUT2D eigenvalue weighted by Gasteiger charge is 2.02. The highest BCUT2D eigenvalue weighted by Crippen LogP contribution is 2.16. The van der Waals surface area contributed by atoms with Gasteiger partial charge in [-0.25, -0.2) is 0 Å². The highest BCUT2D eigenvalue weighted by atomic mass is 16.5. The SMILES string of the molecule is COc1ccc(OCC(=O)NCCCOCc2ccccc2)cc1. The maximum absolute atomic E-state index is 11.7. The number of rotatable bonds is 10. The van der Waals surface area contributed by atoms with Crippen LogP contribution in [0.1, 0.15) is 12.0 Å². The Morgan fingerprint density at radius 3 is 2.42 bits per heavy atom. The van der Waals surface area contributed by atoms with Crippen molar-refractivity contribution < 1.29 is 19.0 Å². The van der Waals surface area contributed by atoms with Crippen molar-refractivity contribution in [1.82, 2.24) is 5.32 Å². The molecule has 0 heterocycles. The predicted octanol–water partition coefficient (Wildman–Crippen LogP) is 2.80. The lowest BCUT2D eigenvalue weighted by Gasteiger charge is -2.08. The number of ether oxygens (including phenoxy) is 3. The van der Waals surface area contributed by atoms with Crippen LogP contribution in [0.4, 0.5) is 0 Å². The van der Waals surface area contributed by atoms with Crippen molar-refractivity contribution >= 4 is 5.91 Å². The molecule has 0 aliphatic carbocycles. The van der Waals surface area contributed by atoms with Crippen LogP contribution in [-0.2, 0) is 16.1 Å². The molecule has 2 rings (SSSR count). The van der Waals surface area contributed by atoms with Crippen molar-refractivity contribution in [3.63, 3.8) is 0 Å². The molecule has 5 nitrogen and oxygen atoms in total. The fourth-order valence-corrected chi connectivity index (χ4v) is 2.04. The van der Waals surface area contributed by atoms with Crippen molar-refractivity contribution in [1.29, 1.82) is 0 Å². The lowest BCUT2D eigenvalue weighted by atomic mass is 10.2. The molecule has 0 atom stereocenters. The van der Waals surface area contributed by atoms with E-state index in [1.165, 1.54) is 0 Å². The van der Waals surface area contributed by atoms with Gasteiger partial charge in [0.1, 0.15) is 11.5 Å². The fraction of sp³-hybridized carbons (Fsp3) is 0.316. The zero-order valence-corrected chi connectivity index (χ0v) is 13.9. The zero-order valence-electron chi connectivity index (χ0n) is 13.9. The Balaban J connectivity index is 1.51. The van der Waals surface area contributed by atoms with E-state index in [2.05, 4.69) is 5.32 Å². The van der Waals surface area contributed by atoms with Crippen LogP contribution >= 0.6 is 0 Å². The third-order valence-electron chi connectivity index (χ3n) is 3.33. The van der Waals surface area contributed by atoms with Gasteiger partial charge < -0.3 is 19.5 Å². The van der Waals surface area contributed by atoms with E-state index < -0.39 is 0 Å². The van der Waals surface area contributed by atoms with E-state index in [1.807, 2.05) is 30.3 Å². The number of hydrogen-bond donors (Lipinski definition) is 1. The molecule has 0 radical (unpaired) electrons. The summed E-state index contributed by atoms with van der Waals surface area (Å²) in [7, 11) is 1.60. The van der Waals surface area contributed by atoms with E-state index in [-0.39, 0.29) is 12.5 Å². The summed E-state index contributed by atoms with van der Waals surface area (Å²) < 4.78 is 16.0. The molecule has 2 aromatic carbocycles. The maximum Gasteiger partial charge on any atom is 0.257 e. The lowest BCUT2D eigenvalue weighted by Crippen LogP contribution is -2.30. The van der Waals surface area contributed by atoms with Gasteiger partial charge in [-0.2, -0.15) is 0 Å². The van der Waals surface area contributed by atoms with E-state index >= 15 is 0 Å². The molecule has 5 heteroatoms. The number of amides is 1. The third kappa shape index (κ3) is 6.71. The molecule has 24 heavy (non-hydrogen) atoms. The smallest absolute Gasteiger partial charge is 0.257 e. The summed E-state index contributed by atoms with van der Waals surface area (Å²) in [5.41, 5.74) is 1.15. The van der Waals surface area contributed by atoms with Crippen LogP contribution in [0, 0.1) is 0 Å². The topological polar surface area (TPSA) is 56.8 Å². The normalized spacial score (nSPS) is 10.2. The van der Waals surface area contributed by atoms with Gasteiger partial charge in [0.25, 0.3) is 5.91 Å². The van der Waals surface area contributed by atoms with Gasteiger partial charge >= 0.3 is 0 Å². The molecule has 128 valence electrons. The Morgan fingerprint density at radius 2 is 1.71 bits per heavy atom. The molecule has 0 spiro atoms. The monoisotopic (exact) mass is 329 g/mol. The first kappa shape index (κ1) is 17.8. The van der Waals surface area contributed by atoms with E-state index in [4.69, 9.17) is 14.2 Å². The summed E-state index contributed by atoms with van der Waals surface area (Å²) in [6.07, 6.45) is 0.765. The van der Waals surface area contributed by atoms with Crippen LogP contribution in [0.5, 0.6) is 11.5 Å². The summed E-state index contributed by atoms with van der Waals surface area (Å²) in [6.45, 7) is 1.76. The number of hydrogen-bond acceptors (Lipinski definition) is 4. The second-order valence-electron chi connectivity index (χ2n) is 5.21. The van der Waals surface area contributed by atoms with Gasteiger partial charge in [0.2, 0.25) is 0 Å². The van der Waals surface area contributed by atoms with Crippen LogP contribution in [0.25, 0.3) is 0 Å². The van der Waals surface area contributed by atoms with E-state index in [9.17, 15) is 4.79 Å². The van der Waals surface area contributed by atoms with Crippen LogP contribution in [0.2, 0.25) is 0 Å². The number of methoxy groups -OCH3 is 1. The van der Waals surface area contributed by atoms with Gasteiger partial charge in [0.05, 0.1) is 13.7 Å². The predicted molar refractivity (Wildman–Crippen MR) is 92.2 cm³/mol. The molecule has 0 fully saturated rings. The summed E-state index contributed by atoms with van der Waals surface area (Å²) in [6, 6.07) is 17.1. The van der Waals surface area contributed by atoms with Crippen LogP contribution in [0.15, 0.2) is 54.6 Å². The van der Waals surface area contributed by atoms with E-state index in [0.29, 0.717) is 25.5 Å². The average Bonchev–Trinajstić information content (AvgIpc) is 2.64. The Morgan fingerprint density at radius 1 is 1.00 bits per heavy atom. The molecule has 0 aromatic heterocycles. The standard InChI is InChI=1S/C19H23NO4/c1-22-17-8-10-18(11-9-17)24-15-19(21)20-12-5-13-23-14-16-6-3-2-4-7-16/h2-4,6-11H,5,12-15H2,1H3,(H,20,21). The van der Waals surface area contributed by atoms with Crippen molar-refractivity contribution in [2.45, 2.75) is 13.0 Å². The van der Waals surface area contributed by atoms with Gasteiger partial charge in [-0.1, -0.05) is 30.3 Å². The fourth-order valence-electron chi connectivity index (χ4n) is 2.04. The van der Waals surface area contributed by atoms with Crippen molar-refractivity contribution in [3.8, 4) is 11.5 Å². The second kappa shape index (κ2) is 10.3. The molecule has 0 saturated carbocycles. The molecule has 2 aromatic rings. The minimum atomic E-state index is -0.145. The molecular weight excluding hydrogens is 306 g/mol. The first-order valence-electron chi connectivity index (χ1n) is 7.93. The molecule has 0 unspecified atom stereocenters. The molecule has 0 saturated heterocycles. The Hall–Kier alpha value is -2.53. The van der Waals surface area contributed by atoms with Crippen molar-refractivity contribution in [3.05, 3.63) is 60.2 Å². The number of benzene rings is 2. The van der Waals surface area contributed by atoms with Gasteiger partial charge in [-0.3, -0.25) is 4.79 Å². The van der Waals surface area contributed by atoms with Crippen molar-refractivity contribution in [2.75, 3.05) is 26.9 Å². The van der Waals surface area contributed by atoms with Crippen LogP contribution in [0.3, 0.4) is 0 Å². The molecule has 1 amide bonds. The summed E-state index contributed by atoms with van der Waals surface area (Å²) in [5.74, 6) is 1.24. The van der Waals surface area contributed by atoms with E-state index in [0.717, 1.165) is 17.7 Å². The van der Waals surface area contributed by atoms with Gasteiger partial charge in [0.15, 0.2) is 6.61 Å². The van der Waals surface area contributed by atoms with Gasteiger partial charge in [0, 0.05) is 13.2 Å². The van der Waals surface area contributed by atoms with Gasteiger partial charge in [-0.05, 0) is 36.2 Å². The highest BCUT2D eigenvalue weighted by molar-refractivity contribution is 5.77.